The van der Waals surface area contributed by atoms with Crippen molar-refractivity contribution in [3.05, 3.63) is 11.6 Å². The summed E-state index contributed by atoms with van der Waals surface area (Å²) in [7, 11) is 0. The van der Waals surface area contributed by atoms with Crippen molar-refractivity contribution in [2.24, 2.45) is 0 Å². The van der Waals surface area contributed by atoms with Gasteiger partial charge in [0.1, 0.15) is 5.78 Å². The largest absolute Gasteiger partial charge is 0.299 e. The van der Waals surface area contributed by atoms with E-state index in [9.17, 15) is 4.79 Å². The molecule has 0 heterocycles. The molecule has 12 heavy (non-hydrogen) atoms. The summed E-state index contributed by atoms with van der Waals surface area (Å²) in [5, 5.41) is 0. The summed E-state index contributed by atoms with van der Waals surface area (Å²) in [6, 6.07) is 0. The standard InChI is InChI=1S/C11H18O/c1-2-3-5-10-6-4-7-11(12)9-8-10/h8H,2-7,9H2,1H3. The molecular formula is C11H18O. The summed E-state index contributed by atoms with van der Waals surface area (Å²) in [4.78, 5) is 11.1. The maximum absolute atomic E-state index is 11.1. The summed E-state index contributed by atoms with van der Waals surface area (Å²) < 4.78 is 0. The molecule has 1 rings (SSSR count). The summed E-state index contributed by atoms with van der Waals surface area (Å²) in [6.07, 6.45) is 9.63. The zero-order chi connectivity index (χ0) is 8.81. The van der Waals surface area contributed by atoms with Gasteiger partial charge in [-0.15, -0.1) is 0 Å². The van der Waals surface area contributed by atoms with Crippen LogP contribution in [-0.4, -0.2) is 5.78 Å². The van der Waals surface area contributed by atoms with Gasteiger partial charge in [0, 0.05) is 12.8 Å². The molecule has 0 atom stereocenters. The number of rotatable bonds is 3. The second-order valence-electron chi connectivity index (χ2n) is 3.56. The van der Waals surface area contributed by atoms with Crippen molar-refractivity contribution in [2.45, 2.75) is 51.9 Å². The molecule has 0 bridgehead atoms. The Morgan fingerprint density at radius 1 is 1.42 bits per heavy atom. The van der Waals surface area contributed by atoms with Gasteiger partial charge >= 0.3 is 0 Å². The third-order valence-electron chi connectivity index (χ3n) is 2.42. The fourth-order valence-electron chi connectivity index (χ4n) is 1.61. The predicted molar refractivity (Wildman–Crippen MR) is 51.1 cm³/mol. The fourth-order valence-corrected chi connectivity index (χ4v) is 1.61. The molecule has 0 saturated carbocycles. The maximum atomic E-state index is 11.1. The van der Waals surface area contributed by atoms with Crippen molar-refractivity contribution in [3.63, 3.8) is 0 Å². The van der Waals surface area contributed by atoms with E-state index in [4.69, 9.17) is 0 Å². The van der Waals surface area contributed by atoms with Gasteiger partial charge in [-0.3, -0.25) is 4.79 Å². The Morgan fingerprint density at radius 3 is 3.00 bits per heavy atom. The van der Waals surface area contributed by atoms with Gasteiger partial charge in [-0.25, -0.2) is 0 Å². The minimum Gasteiger partial charge on any atom is -0.299 e. The topological polar surface area (TPSA) is 17.1 Å². The molecule has 0 N–H and O–H groups in total. The first-order valence-corrected chi connectivity index (χ1v) is 5.02. The first-order chi connectivity index (χ1) is 5.83. The molecule has 1 nitrogen and oxygen atoms in total. The summed E-state index contributed by atoms with van der Waals surface area (Å²) >= 11 is 0. The second kappa shape index (κ2) is 5.13. The van der Waals surface area contributed by atoms with Crippen LogP contribution in [0.15, 0.2) is 11.6 Å². The van der Waals surface area contributed by atoms with Crippen molar-refractivity contribution >= 4 is 5.78 Å². The van der Waals surface area contributed by atoms with Crippen LogP contribution in [0.25, 0.3) is 0 Å². The summed E-state index contributed by atoms with van der Waals surface area (Å²) in [6.45, 7) is 2.21. The normalized spacial score (nSPS) is 18.8. The molecule has 1 heteroatoms. The predicted octanol–water partition coefficient (Wildman–Crippen LogP) is 3.25. The number of unbranched alkanes of at least 4 members (excludes halogenated alkanes) is 1. The Bertz CT molecular complexity index is 179. The molecule has 0 aromatic carbocycles. The zero-order valence-electron chi connectivity index (χ0n) is 7.94. The van der Waals surface area contributed by atoms with Crippen LogP contribution in [0.1, 0.15) is 51.9 Å². The van der Waals surface area contributed by atoms with Gasteiger partial charge in [0.15, 0.2) is 0 Å². The minimum absolute atomic E-state index is 0.418. The van der Waals surface area contributed by atoms with Gasteiger partial charge in [0.25, 0.3) is 0 Å². The Morgan fingerprint density at radius 2 is 2.25 bits per heavy atom. The van der Waals surface area contributed by atoms with E-state index in [1.165, 1.54) is 24.8 Å². The number of carbonyl (C=O) groups excluding carboxylic acids is 1. The lowest BCUT2D eigenvalue weighted by Crippen LogP contribution is -1.91. The number of hydrogen-bond acceptors (Lipinski definition) is 1. The molecule has 0 saturated heterocycles. The van der Waals surface area contributed by atoms with Crippen molar-refractivity contribution in [1.82, 2.24) is 0 Å². The molecule has 1 aliphatic rings. The highest BCUT2D eigenvalue weighted by atomic mass is 16.1. The molecule has 1 aliphatic carbocycles. The number of allylic oxidation sites excluding steroid dienone is 2. The molecule has 0 aromatic heterocycles. The summed E-state index contributed by atoms with van der Waals surface area (Å²) in [5.74, 6) is 0.418. The average Bonchev–Trinajstić information content (AvgIpc) is 2.27. The van der Waals surface area contributed by atoms with Gasteiger partial charge in [-0.1, -0.05) is 25.0 Å². The fraction of sp³-hybridized carbons (Fsp3) is 0.727. The Kier molecular flexibility index (Phi) is 4.06. The van der Waals surface area contributed by atoms with Gasteiger partial charge in [-0.2, -0.15) is 0 Å². The first-order valence-electron chi connectivity index (χ1n) is 5.02. The van der Waals surface area contributed by atoms with Crippen LogP contribution in [0.4, 0.5) is 0 Å². The van der Waals surface area contributed by atoms with Gasteiger partial charge in [0.2, 0.25) is 0 Å². The van der Waals surface area contributed by atoms with Crippen molar-refractivity contribution in [1.29, 1.82) is 0 Å². The number of carbonyl (C=O) groups is 1. The third kappa shape index (κ3) is 3.21. The monoisotopic (exact) mass is 166 g/mol. The second-order valence-corrected chi connectivity index (χ2v) is 3.56. The molecule has 0 spiro atoms. The third-order valence-corrected chi connectivity index (χ3v) is 2.42. The number of ketones is 1. The van der Waals surface area contributed by atoms with Crippen LogP contribution in [-0.2, 0) is 4.79 Å². The minimum atomic E-state index is 0.418. The van der Waals surface area contributed by atoms with Crippen LogP contribution >= 0.6 is 0 Å². The van der Waals surface area contributed by atoms with E-state index in [0.29, 0.717) is 12.2 Å². The van der Waals surface area contributed by atoms with Gasteiger partial charge in [0.05, 0.1) is 0 Å². The van der Waals surface area contributed by atoms with Crippen molar-refractivity contribution < 1.29 is 4.79 Å². The molecule has 0 fully saturated rings. The number of Topliss-reactive ketones (excluding diaryl/α,β-unsaturated/α-hetero) is 1. The smallest absolute Gasteiger partial charge is 0.136 e. The van der Waals surface area contributed by atoms with E-state index in [2.05, 4.69) is 13.0 Å². The zero-order valence-corrected chi connectivity index (χ0v) is 7.94. The van der Waals surface area contributed by atoms with Crippen LogP contribution in [0.3, 0.4) is 0 Å². The van der Waals surface area contributed by atoms with E-state index in [1.807, 2.05) is 0 Å². The molecule has 0 amide bonds. The van der Waals surface area contributed by atoms with E-state index in [-0.39, 0.29) is 0 Å². The first kappa shape index (κ1) is 9.50. The Balaban J connectivity index is 2.36. The van der Waals surface area contributed by atoms with Gasteiger partial charge in [-0.05, 0) is 25.7 Å². The lowest BCUT2D eigenvalue weighted by molar-refractivity contribution is -0.118. The summed E-state index contributed by atoms with van der Waals surface area (Å²) in [5.41, 5.74) is 1.52. The Labute approximate surface area is 74.9 Å². The van der Waals surface area contributed by atoms with E-state index >= 15 is 0 Å². The van der Waals surface area contributed by atoms with Crippen LogP contribution < -0.4 is 0 Å². The number of hydrogen-bond donors (Lipinski definition) is 0. The van der Waals surface area contributed by atoms with E-state index in [1.54, 1.807) is 0 Å². The molecular weight excluding hydrogens is 148 g/mol. The molecule has 0 unspecified atom stereocenters. The highest BCUT2D eigenvalue weighted by Crippen LogP contribution is 2.19. The van der Waals surface area contributed by atoms with Crippen LogP contribution in [0, 0.1) is 0 Å². The SMILES string of the molecule is CCCCC1=CCC(=O)CCC1. The highest BCUT2D eigenvalue weighted by molar-refractivity contribution is 5.80. The highest BCUT2D eigenvalue weighted by Gasteiger charge is 2.07. The van der Waals surface area contributed by atoms with Gasteiger partial charge < -0.3 is 0 Å². The van der Waals surface area contributed by atoms with Crippen molar-refractivity contribution in [3.8, 4) is 0 Å². The van der Waals surface area contributed by atoms with E-state index in [0.717, 1.165) is 19.3 Å². The quantitative estimate of drug-likeness (QED) is 0.588. The molecule has 0 aromatic rings. The maximum Gasteiger partial charge on any atom is 0.136 e. The van der Waals surface area contributed by atoms with E-state index < -0.39 is 0 Å². The molecule has 0 aliphatic heterocycles. The molecule has 0 radical (unpaired) electrons. The van der Waals surface area contributed by atoms with Crippen LogP contribution in [0.2, 0.25) is 0 Å². The van der Waals surface area contributed by atoms with Crippen molar-refractivity contribution in [2.75, 3.05) is 0 Å². The lowest BCUT2D eigenvalue weighted by Gasteiger charge is -2.02. The Hall–Kier alpha value is -0.590. The molecule has 68 valence electrons. The average molecular weight is 166 g/mol. The lowest BCUT2D eigenvalue weighted by atomic mass is 10.0. The van der Waals surface area contributed by atoms with Crippen LogP contribution in [0.5, 0.6) is 0 Å².